The standard InChI is InChI=1S/C15H8N2O2S.C14H10N2O2.C3H8.CH3F.CH4S2/c18-13-7-3-1-2-4-8(7)14(19)11-9(13)5-6-10-12(11)17-15(20)16-10;15-10-6-5-9-11(12(10)16)14(18)8-4-2-1-3-7(8)13(9)17;1-3-2;1-2;2-1-3/h1-6H,(H2,16,17,20);1-6H,15-16H2;3H2,1-2H3;1H3;2-3H,1H2/i;;;1D;. The van der Waals surface area contributed by atoms with Gasteiger partial charge < -0.3 is 21.4 Å². The monoisotopic (exact) mass is 677 g/mol. The number of hydrogen-bond donors (Lipinski definition) is 6. The number of aromatic nitrogens is 2. The smallest absolute Gasteiger partial charge is 0.196 e. The van der Waals surface area contributed by atoms with Crippen molar-refractivity contribution in [3.63, 3.8) is 0 Å². The number of aromatic amines is 2. The predicted molar refractivity (Wildman–Crippen MR) is 191 cm³/mol. The molecule has 46 heavy (non-hydrogen) atoms. The van der Waals surface area contributed by atoms with E-state index in [9.17, 15) is 23.6 Å². The number of alkyl halides is 1. The van der Waals surface area contributed by atoms with Crippen LogP contribution in [0.1, 0.15) is 85.3 Å². The number of rotatable bonds is 0. The van der Waals surface area contributed by atoms with Gasteiger partial charge in [-0.25, -0.2) is 0 Å². The minimum atomic E-state index is -1.00. The number of nitrogens with one attached hydrogen (secondary N) is 2. The number of carbonyl (C=O) groups excluding carboxylic acids is 4. The van der Waals surface area contributed by atoms with Crippen LogP contribution in [0.3, 0.4) is 0 Å². The molecule has 2 aliphatic carbocycles. The van der Waals surface area contributed by atoms with Crippen LogP contribution in [-0.4, -0.2) is 45.3 Å². The van der Waals surface area contributed by atoms with E-state index in [0.29, 0.717) is 60.0 Å². The number of nitrogen functional groups attached to an aromatic ring is 2. The van der Waals surface area contributed by atoms with Crippen LogP contribution in [0.15, 0.2) is 72.8 Å². The van der Waals surface area contributed by atoms with Crippen LogP contribution in [-0.2, 0) is 0 Å². The van der Waals surface area contributed by atoms with Gasteiger partial charge in [-0.3, -0.25) is 23.6 Å². The minimum absolute atomic E-state index is 0.127. The summed E-state index contributed by atoms with van der Waals surface area (Å²) in [6, 6.07) is 20.1. The molecule has 238 valence electrons. The Hall–Kier alpha value is -4.52. The van der Waals surface area contributed by atoms with Gasteiger partial charge in [0.25, 0.3) is 0 Å². The van der Waals surface area contributed by atoms with Crippen molar-refractivity contribution >= 4 is 83.0 Å². The summed E-state index contributed by atoms with van der Waals surface area (Å²) >= 11 is 12.4. The van der Waals surface area contributed by atoms with E-state index < -0.39 is 7.15 Å². The SMILES string of the molecule is CCC.Nc1ccc2c(c1N)C(=O)c1ccccc1C2=O.O=C1c2ccccc2C(=O)c2c1ccc1[nH]c(=S)[nH]c21.SCS.[2H]CF. The Labute approximate surface area is 283 Å². The van der Waals surface area contributed by atoms with Crippen molar-refractivity contribution in [2.45, 2.75) is 20.3 Å². The number of imidazole rings is 1. The van der Waals surface area contributed by atoms with Crippen molar-refractivity contribution in [3.05, 3.63) is 122 Å². The Morgan fingerprint density at radius 1 is 0.696 bits per heavy atom. The highest BCUT2D eigenvalue weighted by atomic mass is 32.2. The highest BCUT2D eigenvalue weighted by Gasteiger charge is 2.32. The maximum absolute atomic E-state index is 12.7. The molecule has 0 aliphatic heterocycles. The van der Waals surface area contributed by atoms with Gasteiger partial charge in [0.05, 0.1) is 42.1 Å². The van der Waals surface area contributed by atoms with E-state index in [-0.39, 0.29) is 34.4 Å². The molecule has 1 aromatic heterocycles. The molecule has 0 amide bonds. The lowest BCUT2D eigenvalue weighted by Crippen LogP contribution is -2.22. The highest BCUT2D eigenvalue weighted by Crippen LogP contribution is 2.34. The fourth-order valence-corrected chi connectivity index (χ4v) is 5.13. The van der Waals surface area contributed by atoms with Crippen molar-refractivity contribution in [2.24, 2.45) is 0 Å². The van der Waals surface area contributed by atoms with Crippen molar-refractivity contribution in [1.29, 1.82) is 0 Å². The molecule has 5 aromatic rings. The highest BCUT2D eigenvalue weighted by molar-refractivity contribution is 7.98. The normalized spacial score (nSPS) is 12.2. The molecule has 6 N–H and O–H groups in total. The van der Waals surface area contributed by atoms with Gasteiger partial charge in [-0.05, 0) is 36.5 Å². The van der Waals surface area contributed by atoms with Crippen LogP contribution in [0, 0.1) is 4.77 Å². The minimum Gasteiger partial charge on any atom is -0.397 e. The quantitative estimate of drug-likeness (QED) is 0.0423. The van der Waals surface area contributed by atoms with Gasteiger partial charge in [0.1, 0.15) is 0 Å². The first-order valence-electron chi connectivity index (χ1n) is 14.6. The third-order valence-electron chi connectivity index (χ3n) is 6.75. The van der Waals surface area contributed by atoms with E-state index in [2.05, 4.69) is 49.1 Å². The van der Waals surface area contributed by atoms with Crippen LogP contribution in [0.2, 0.25) is 0 Å². The second-order valence-electron chi connectivity index (χ2n) is 9.74. The summed E-state index contributed by atoms with van der Waals surface area (Å²) in [5, 5.41) is 0.639. The summed E-state index contributed by atoms with van der Waals surface area (Å²) in [5.74, 6) is -0.708. The van der Waals surface area contributed by atoms with Gasteiger partial charge in [0.2, 0.25) is 0 Å². The third kappa shape index (κ3) is 6.99. The topological polar surface area (TPSA) is 152 Å². The Morgan fingerprint density at radius 3 is 1.57 bits per heavy atom. The number of benzene rings is 4. The Bertz CT molecular complexity index is 2020. The van der Waals surface area contributed by atoms with Gasteiger partial charge in [-0.1, -0.05) is 68.8 Å². The lowest BCUT2D eigenvalue weighted by Gasteiger charge is -2.19. The molecule has 4 aromatic carbocycles. The molecule has 0 radical (unpaired) electrons. The summed E-state index contributed by atoms with van der Waals surface area (Å²) in [7, 11) is -1.00. The van der Waals surface area contributed by atoms with Crippen LogP contribution in [0.5, 0.6) is 0 Å². The zero-order chi connectivity index (χ0) is 34.8. The molecule has 7 rings (SSSR count). The summed E-state index contributed by atoms with van der Waals surface area (Å²) in [6.45, 7) is 4.25. The van der Waals surface area contributed by atoms with Crippen LogP contribution < -0.4 is 11.5 Å². The lowest BCUT2D eigenvalue weighted by molar-refractivity contribution is 0.0980. The fraction of sp³-hybridized carbons (Fsp3) is 0.147. The average molecular weight is 678 g/mol. The summed E-state index contributed by atoms with van der Waals surface area (Å²) < 4.78 is 15.9. The zero-order valence-corrected chi connectivity index (χ0v) is 27.6. The summed E-state index contributed by atoms with van der Waals surface area (Å²) in [6.07, 6.45) is 1.25. The molecular weight excluding hydrogens is 644 g/mol. The number of nitrogens with two attached hydrogens (primary N) is 2. The number of hydrogen-bond acceptors (Lipinski definition) is 9. The molecule has 0 saturated heterocycles. The number of ketones is 4. The Morgan fingerprint density at radius 2 is 1.09 bits per heavy atom. The average Bonchev–Trinajstić information content (AvgIpc) is 3.45. The molecule has 8 nitrogen and oxygen atoms in total. The molecule has 12 heteroatoms. The number of fused-ring (bicyclic) bond motifs is 6. The largest absolute Gasteiger partial charge is 0.397 e. The van der Waals surface area contributed by atoms with Crippen LogP contribution in [0.25, 0.3) is 11.0 Å². The fourth-order valence-electron chi connectivity index (χ4n) is 4.92. The van der Waals surface area contributed by atoms with Gasteiger partial charge in [0, 0.05) is 38.5 Å². The van der Waals surface area contributed by atoms with Gasteiger partial charge in [0.15, 0.2) is 27.9 Å². The van der Waals surface area contributed by atoms with E-state index in [1.54, 1.807) is 72.8 Å². The van der Waals surface area contributed by atoms with Crippen LogP contribution in [0.4, 0.5) is 15.8 Å². The van der Waals surface area contributed by atoms with Crippen molar-refractivity contribution in [1.82, 2.24) is 9.97 Å². The van der Waals surface area contributed by atoms with Gasteiger partial charge in [-0.2, -0.15) is 25.3 Å². The molecule has 1 heterocycles. The third-order valence-corrected chi connectivity index (χ3v) is 6.95. The van der Waals surface area contributed by atoms with Crippen LogP contribution >= 0.6 is 37.5 Å². The molecule has 0 saturated carbocycles. The summed E-state index contributed by atoms with van der Waals surface area (Å²) in [5.41, 5.74) is 16.4. The first-order valence-corrected chi connectivity index (χ1v) is 15.6. The summed E-state index contributed by atoms with van der Waals surface area (Å²) in [4.78, 5) is 55.7. The Kier molecular flexibility index (Phi) is 12.1. The second kappa shape index (κ2) is 16.2. The number of thiol groups is 2. The molecule has 0 bridgehead atoms. The molecular formula is C34H33FN4O4S3. The van der Waals surface area contributed by atoms with Crippen molar-refractivity contribution < 1.29 is 24.9 Å². The van der Waals surface area contributed by atoms with E-state index >= 15 is 0 Å². The first kappa shape index (κ1) is 34.4. The molecule has 0 unspecified atom stereocenters. The molecule has 0 fully saturated rings. The zero-order valence-electron chi connectivity index (χ0n) is 26.0. The van der Waals surface area contributed by atoms with Gasteiger partial charge in [-0.15, -0.1) is 0 Å². The second-order valence-corrected chi connectivity index (χ2v) is 11.3. The van der Waals surface area contributed by atoms with E-state index in [4.69, 9.17) is 25.1 Å². The maximum Gasteiger partial charge on any atom is 0.196 e. The Balaban J connectivity index is 0.000000206. The lowest BCUT2D eigenvalue weighted by atomic mass is 9.83. The number of carbonyl (C=O) groups is 4. The van der Waals surface area contributed by atoms with E-state index in [1.165, 1.54) is 6.42 Å². The van der Waals surface area contributed by atoms with Crippen molar-refractivity contribution in [2.75, 3.05) is 23.7 Å². The maximum atomic E-state index is 12.7. The number of halogens is 1. The molecule has 0 spiro atoms. The predicted octanol–water partition coefficient (Wildman–Crippen LogP) is 7.43. The van der Waals surface area contributed by atoms with E-state index in [1.807, 2.05) is 0 Å². The van der Waals surface area contributed by atoms with Gasteiger partial charge >= 0.3 is 0 Å². The molecule has 2 aliphatic rings. The van der Waals surface area contributed by atoms with Crippen molar-refractivity contribution in [3.8, 4) is 0 Å². The first-order chi connectivity index (χ1) is 22.5. The molecule has 0 atom stereocenters. The number of H-pyrrole nitrogens is 2. The number of anilines is 2. The van der Waals surface area contributed by atoms with E-state index in [0.717, 1.165) is 5.52 Å².